The molecule has 0 bridgehead atoms. The predicted octanol–water partition coefficient (Wildman–Crippen LogP) is 4.02. The van der Waals surface area contributed by atoms with Gasteiger partial charge in [0.1, 0.15) is 17.6 Å². The molecule has 1 unspecified atom stereocenters. The SMILES string of the molecule is CCCOc1ccc(OC(C)CNC(CC)CC)cc1. The van der Waals surface area contributed by atoms with Crippen molar-refractivity contribution in [3.8, 4) is 11.5 Å². The molecule has 1 aromatic rings. The van der Waals surface area contributed by atoms with E-state index in [-0.39, 0.29) is 6.10 Å². The Kier molecular flexibility index (Phi) is 8.12. The molecule has 0 saturated carbocycles. The van der Waals surface area contributed by atoms with E-state index in [1.54, 1.807) is 0 Å². The van der Waals surface area contributed by atoms with Gasteiger partial charge in [-0.1, -0.05) is 20.8 Å². The molecule has 1 atom stereocenters. The molecule has 0 aromatic heterocycles. The van der Waals surface area contributed by atoms with Crippen molar-refractivity contribution >= 4 is 0 Å². The molecule has 3 heteroatoms. The van der Waals surface area contributed by atoms with E-state index < -0.39 is 0 Å². The van der Waals surface area contributed by atoms with Crippen LogP contribution in [-0.2, 0) is 0 Å². The molecule has 0 radical (unpaired) electrons. The van der Waals surface area contributed by atoms with Crippen LogP contribution < -0.4 is 14.8 Å². The Balaban J connectivity index is 2.35. The monoisotopic (exact) mass is 279 g/mol. The molecule has 0 amide bonds. The summed E-state index contributed by atoms with van der Waals surface area (Å²) in [5.41, 5.74) is 0. The topological polar surface area (TPSA) is 30.5 Å². The van der Waals surface area contributed by atoms with Gasteiger partial charge in [0.15, 0.2) is 0 Å². The summed E-state index contributed by atoms with van der Waals surface area (Å²) in [6.07, 6.45) is 3.51. The minimum atomic E-state index is 0.165. The van der Waals surface area contributed by atoms with Crippen molar-refractivity contribution in [2.75, 3.05) is 13.2 Å². The lowest BCUT2D eigenvalue weighted by atomic mass is 10.1. The maximum Gasteiger partial charge on any atom is 0.120 e. The summed E-state index contributed by atoms with van der Waals surface area (Å²) < 4.78 is 11.5. The first-order chi connectivity index (χ1) is 9.69. The second-order valence-electron chi connectivity index (χ2n) is 5.17. The highest BCUT2D eigenvalue weighted by Crippen LogP contribution is 2.18. The number of hydrogen-bond acceptors (Lipinski definition) is 3. The summed E-state index contributed by atoms with van der Waals surface area (Å²) >= 11 is 0. The Bertz CT molecular complexity index is 347. The Morgan fingerprint density at radius 2 is 1.60 bits per heavy atom. The van der Waals surface area contributed by atoms with Crippen LogP contribution in [0.5, 0.6) is 11.5 Å². The molecule has 1 aromatic carbocycles. The molecule has 20 heavy (non-hydrogen) atoms. The Morgan fingerprint density at radius 3 is 2.15 bits per heavy atom. The zero-order valence-electron chi connectivity index (χ0n) is 13.3. The first-order valence-electron chi connectivity index (χ1n) is 7.82. The quantitative estimate of drug-likeness (QED) is 0.701. The normalized spacial score (nSPS) is 12.4. The van der Waals surface area contributed by atoms with Crippen LogP contribution in [0.4, 0.5) is 0 Å². The second-order valence-corrected chi connectivity index (χ2v) is 5.17. The number of hydrogen-bond donors (Lipinski definition) is 1. The minimum Gasteiger partial charge on any atom is -0.494 e. The van der Waals surface area contributed by atoms with Crippen LogP contribution in [-0.4, -0.2) is 25.3 Å². The third-order valence-corrected chi connectivity index (χ3v) is 3.31. The lowest BCUT2D eigenvalue weighted by Crippen LogP contribution is -2.36. The van der Waals surface area contributed by atoms with Gasteiger partial charge in [-0.2, -0.15) is 0 Å². The molecule has 0 spiro atoms. The highest BCUT2D eigenvalue weighted by Gasteiger charge is 2.07. The molecule has 0 aliphatic heterocycles. The van der Waals surface area contributed by atoms with Crippen molar-refractivity contribution in [1.29, 1.82) is 0 Å². The van der Waals surface area contributed by atoms with Crippen LogP contribution >= 0.6 is 0 Å². The molecule has 3 nitrogen and oxygen atoms in total. The van der Waals surface area contributed by atoms with Gasteiger partial charge in [-0.25, -0.2) is 0 Å². The molecule has 1 rings (SSSR count). The van der Waals surface area contributed by atoms with E-state index in [0.717, 1.165) is 43.9 Å². The lowest BCUT2D eigenvalue weighted by molar-refractivity contribution is 0.209. The summed E-state index contributed by atoms with van der Waals surface area (Å²) in [4.78, 5) is 0. The van der Waals surface area contributed by atoms with E-state index in [9.17, 15) is 0 Å². The predicted molar refractivity (Wildman–Crippen MR) is 84.7 cm³/mol. The largest absolute Gasteiger partial charge is 0.494 e. The standard InChI is InChI=1S/C17H29NO2/c1-5-12-19-16-8-10-17(11-9-16)20-14(4)13-18-15(6-2)7-3/h8-11,14-15,18H,5-7,12-13H2,1-4H3. The lowest BCUT2D eigenvalue weighted by Gasteiger charge is -2.20. The van der Waals surface area contributed by atoms with E-state index in [4.69, 9.17) is 9.47 Å². The van der Waals surface area contributed by atoms with E-state index in [0.29, 0.717) is 6.04 Å². The van der Waals surface area contributed by atoms with Gasteiger partial charge < -0.3 is 14.8 Å². The van der Waals surface area contributed by atoms with Crippen LogP contribution in [0, 0.1) is 0 Å². The Morgan fingerprint density at radius 1 is 1.00 bits per heavy atom. The fraction of sp³-hybridized carbons (Fsp3) is 0.647. The van der Waals surface area contributed by atoms with Crippen LogP contribution in [0.25, 0.3) is 0 Å². The molecular weight excluding hydrogens is 250 g/mol. The summed E-state index contributed by atoms with van der Waals surface area (Å²) in [6.45, 7) is 10.3. The summed E-state index contributed by atoms with van der Waals surface area (Å²) in [6, 6.07) is 8.46. The molecule has 0 heterocycles. The third-order valence-electron chi connectivity index (χ3n) is 3.31. The number of benzene rings is 1. The summed E-state index contributed by atoms with van der Waals surface area (Å²) in [7, 11) is 0. The zero-order chi connectivity index (χ0) is 14.8. The number of nitrogens with one attached hydrogen (secondary N) is 1. The first-order valence-corrected chi connectivity index (χ1v) is 7.82. The van der Waals surface area contributed by atoms with Crippen LogP contribution in [0.15, 0.2) is 24.3 Å². The molecule has 1 N–H and O–H groups in total. The first kappa shape index (κ1) is 16.8. The van der Waals surface area contributed by atoms with Crippen molar-refractivity contribution in [2.45, 2.75) is 59.1 Å². The Labute approximate surface area is 123 Å². The van der Waals surface area contributed by atoms with Crippen LogP contribution in [0.2, 0.25) is 0 Å². The van der Waals surface area contributed by atoms with Crippen molar-refractivity contribution in [3.63, 3.8) is 0 Å². The van der Waals surface area contributed by atoms with E-state index >= 15 is 0 Å². The van der Waals surface area contributed by atoms with Gasteiger partial charge in [-0.15, -0.1) is 0 Å². The highest BCUT2D eigenvalue weighted by atomic mass is 16.5. The van der Waals surface area contributed by atoms with E-state index in [2.05, 4.69) is 33.0 Å². The smallest absolute Gasteiger partial charge is 0.120 e. The fourth-order valence-corrected chi connectivity index (χ4v) is 2.02. The van der Waals surface area contributed by atoms with Gasteiger partial charge in [0.2, 0.25) is 0 Å². The molecule has 0 saturated heterocycles. The fourth-order valence-electron chi connectivity index (χ4n) is 2.02. The average molecular weight is 279 g/mol. The van der Waals surface area contributed by atoms with Gasteiger partial charge in [0, 0.05) is 12.6 Å². The van der Waals surface area contributed by atoms with Gasteiger partial charge in [0.25, 0.3) is 0 Å². The highest BCUT2D eigenvalue weighted by molar-refractivity contribution is 5.31. The second kappa shape index (κ2) is 9.65. The number of ether oxygens (including phenoxy) is 2. The Hall–Kier alpha value is -1.22. The minimum absolute atomic E-state index is 0.165. The molecule has 0 fully saturated rings. The van der Waals surface area contributed by atoms with Crippen molar-refractivity contribution < 1.29 is 9.47 Å². The van der Waals surface area contributed by atoms with Gasteiger partial charge in [-0.3, -0.25) is 0 Å². The summed E-state index contributed by atoms with van der Waals surface area (Å²) in [5.74, 6) is 1.80. The van der Waals surface area contributed by atoms with Crippen molar-refractivity contribution in [3.05, 3.63) is 24.3 Å². The number of rotatable bonds is 10. The molecular formula is C17H29NO2. The van der Waals surface area contributed by atoms with Crippen LogP contribution in [0.3, 0.4) is 0 Å². The maximum absolute atomic E-state index is 5.90. The molecule has 0 aliphatic carbocycles. The van der Waals surface area contributed by atoms with E-state index in [1.165, 1.54) is 0 Å². The zero-order valence-corrected chi connectivity index (χ0v) is 13.3. The maximum atomic E-state index is 5.90. The van der Waals surface area contributed by atoms with Gasteiger partial charge >= 0.3 is 0 Å². The van der Waals surface area contributed by atoms with Gasteiger partial charge in [-0.05, 0) is 50.5 Å². The van der Waals surface area contributed by atoms with Crippen LogP contribution in [0.1, 0.15) is 47.0 Å². The average Bonchev–Trinajstić information content (AvgIpc) is 2.47. The molecule has 0 aliphatic rings. The third kappa shape index (κ3) is 6.29. The van der Waals surface area contributed by atoms with Crippen molar-refractivity contribution in [2.24, 2.45) is 0 Å². The van der Waals surface area contributed by atoms with Crippen molar-refractivity contribution in [1.82, 2.24) is 5.32 Å². The van der Waals surface area contributed by atoms with Gasteiger partial charge in [0.05, 0.1) is 6.61 Å². The van der Waals surface area contributed by atoms with E-state index in [1.807, 2.05) is 24.3 Å². The molecule has 114 valence electrons. The summed E-state index contributed by atoms with van der Waals surface area (Å²) in [5, 5.41) is 3.53.